The van der Waals surface area contributed by atoms with Gasteiger partial charge in [0.1, 0.15) is 0 Å². The van der Waals surface area contributed by atoms with Crippen molar-refractivity contribution in [1.29, 1.82) is 0 Å². The van der Waals surface area contributed by atoms with E-state index in [4.69, 9.17) is 10.1 Å². The third-order valence-electron chi connectivity index (χ3n) is 0. The first-order chi connectivity index (χ1) is 1.73. The number of rotatable bonds is 0. The average molecular weight is 153 g/mol. The third kappa shape index (κ3) is 988. The molecule has 0 aliphatic heterocycles. The molecule has 0 amide bonds. The van der Waals surface area contributed by atoms with Gasteiger partial charge in [-0.3, -0.25) is 10.1 Å². The molecule has 3 nitrogen and oxygen atoms in total. The van der Waals surface area contributed by atoms with Crippen molar-refractivity contribution in [2.45, 2.75) is 0 Å². The Balaban J connectivity index is -0.0000000450. The summed E-state index contributed by atoms with van der Waals surface area (Å²) in [5.74, 6) is 0. The van der Waals surface area contributed by atoms with Gasteiger partial charge in [-0.1, -0.05) is 0 Å². The van der Waals surface area contributed by atoms with Gasteiger partial charge in [-0.2, -0.15) is 0 Å². The molecule has 0 N–H and O–H groups in total. The fourth-order valence-electron chi connectivity index (χ4n) is 0. The number of hydrogen-bond acceptors (Lipinski definition) is 2. The molecule has 0 atom stereocenters. The van der Waals surface area contributed by atoms with E-state index in [1.165, 1.54) is 0 Å². The first-order valence-electron chi connectivity index (χ1n) is 0.812. The fraction of sp³-hybridized carbons (Fsp3) is 1.00. The van der Waals surface area contributed by atoms with Crippen LogP contribution in [0.15, 0.2) is 0 Å². The van der Waals surface area contributed by atoms with E-state index in [0.29, 0.717) is 0 Å². The van der Waals surface area contributed by atoms with Crippen LogP contribution in [-0.4, -0.2) is 12.0 Å². The van der Waals surface area contributed by atoms with E-state index in [1.54, 1.807) is 0 Å². The Hall–Kier alpha value is 0.209. The molecule has 0 bridgehead atoms. The van der Waals surface area contributed by atoms with Crippen molar-refractivity contribution in [3.05, 3.63) is 10.1 Å². The van der Waals surface area contributed by atoms with Gasteiger partial charge in [0.15, 0.2) is 7.05 Å². The Morgan fingerprint density at radius 1 is 1.67 bits per heavy atom. The molecule has 0 aromatic rings. The van der Waals surface area contributed by atoms with E-state index < -0.39 is 4.92 Å². The molecule has 0 unspecified atom stereocenters. The summed E-state index contributed by atoms with van der Waals surface area (Å²) >= 11 is 0. The quantitative estimate of drug-likeness (QED) is 0.286. The second-order valence-corrected chi connectivity index (χ2v) is 0.440. The maximum atomic E-state index is 8.81. The van der Waals surface area contributed by atoms with Crippen molar-refractivity contribution in [1.82, 2.24) is 0 Å². The van der Waals surface area contributed by atoms with Gasteiger partial charge in [0, 0.05) is 22.0 Å². The van der Waals surface area contributed by atoms with Gasteiger partial charge in [-0.15, -0.1) is 12.4 Å². The number of nitro groups is 1. The molecule has 5 heteroatoms. The summed E-state index contributed by atoms with van der Waals surface area (Å²) in [6, 6.07) is 0. The van der Waals surface area contributed by atoms with Crippen molar-refractivity contribution < 1.29 is 22.0 Å². The molecular weight excluding hydrogens is 149 g/mol. The molecule has 0 radical (unpaired) electrons. The molecule has 0 aliphatic carbocycles. The Morgan fingerprint density at radius 2 is 1.67 bits per heavy atom. The van der Waals surface area contributed by atoms with Crippen LogP contribution in [0.25, 0.3) is 0 Å². The maximum Gasteiger partial charge on any atom is 0.194 e. The zero-order chi connectivity index (χ0) is 3.58. The summed E-state index contributed by atoms with van der Waals surface area (Å²) in [6.45, 7) is 0. The monoisotopic (exact) mass is 153 g/mol. The Bertz CT molecular complexity index is 36.5. The van der Waals surface area contributed by atoms with Gasteiger partial charge >= 0.3 is 0 Å². The maximum absolute atomic E-state index is 8.81. The largest absolute Gasteiger partial charge is 0.265 e. The molecule has 6 heavy (non-hydrogen) atoms. The molecule has 0 saturated carbocycles. The van der Waals surface area contributed by atoms with Crippen LogP contribution >= 0.6 is 12.4 Å². The molecule has 0 aromatic heterocycles. The predicted molar refractivity (Wildman–Crippen MR) is 20.2 cm³/mol. The molecule has 0 heterocycles. The van der Waals surface area contributed by atoms with Crippen molar-refractivity contribution in [3.63, 3.8) is 0 Å². The van der Waals surface area contributed by atoms with Crippen LogP contribution in [0, 0.1) is 10.1 Å². The number of nitrogens with zero attached hydrogens (tertiary/aromatic N) is 1. The summed E-state index contributed by atoms with van der Waals surface area (Å²) in [5.41, 5.74) is 0. The summed E-state index contributed by atoms with van der Waals surface area (Å²) in [6.07, 6.45) is 0. The topological polar surface area (TPSA) is 43.1 Å². The van der Waals surface area contributed by atoms with E-state index in [2.05, 4.69) is 0 Å². The molecule has 0 fully saturated rings. The van der Waals surface area contributed by atoms with Gasteiger partial charge in [-0.05, 0) is 0 Å². The first-order valence-corrected chi connectivity index (χ1v) is 0.812. The van der Waals surface area contributed by atoms with E-state index in [1.807, 2.05) is 0 Å². The van der Waals surface area contributed by atoms with E-state index in [-0.39, 0.29) is 29.5 Å². The molecule has 40 valence electrons. The van der Waals surface area contributed by atoms with Crippen molar-refractivity contribution in [3.8, 4) is 0 Å². The number of halogens is 1. The van der Waals surface area contributed by atoms with Gasteiger partial charge in [0.2, 0.25) is 0 Å². The van der Waals surface area contributed by atoms with Crippen molar-refractivity contribution >= 4 is 12.4 Å². The molecule has 0 aliphatic rings. The van der Waals surface area contributed by atoms with Crippen LogP contribution in [0.2, 0.25) is 0 Å². The second kappa shape index (κ2) is 8.96. The molecule has 0 aromatic carbocycles. The number of hydrogen-bond donors (Lipinski definition) is 0. The van der Waals surface area contributed by atoms with Crippen LogP contribution < -0.4 is 0 Å². The summed E-state index contributed by atoms with van der Waals surface area (Å²) < 4.78 is 0. The zero-order valence-electron chi connectivity index (χ0n) is 3.03. The van der Waals surface area contributed by atoms with E-state index in [9.17, 15) is 0 Å². The van der Waals surface area contributed by atoms with Crippen LogP contribution in [0.3, 0.4) is 0 Å². The van der Waals surface area contributed by atoms with Gasteiger partial charge < -0.3 is 0 Å². The first kappa shape index (κ1) is 16.4. The van der Waals surface area contributed by atoms with E-state index >= 15 is 0 Å². The van der Waals surface area contributed by atoms with E-state index in [0.717, 1.165) is 7.05 Å². The Kier molecular flexibility index (Phi) is 24.4. The third-order valence-corrected chi connectivity index (χ3v) is 0. The molecule has 0 saturated heterocycles. The summed E-state index contributed by atoms with van der Waals surface area (Å²) in [7, 11) is 0.889. The Morgan fingerprint density at radius 3 is 1.67 bits per heavy atom. The normalized spacial score (nSPS) is 4.17. The van der Waals surface area contributed by atoms with Gasteiger partial charge in [-0.25, -0.2) is 0 Å². The minimum Gasteiger partial charge on any atom is -0.265 e. The van der Waals surface area contributed by atoms with Gasteiger partial charge in [0.05, 0.1) is 0 Å². The van der Waals surface area contributed by atoms with Gasteiger partial charge in [0.25, 0.3) is 0 Å². The molecular formula is CH4ClFeNO2. The van der Waals surface area contributed by atoms with Crippen LogP contribution in [0.1, 0.15) is 0 Å². The fourth-order valence-corrected chi connectivity index (χ4v) is 0. The minimum atomic E-state index is -0.500. The standard InChI is InChI=1S/CH3NO2.ClH.Fe/c1-2(3)4;;/h1H3;1H;. The second-order valence-electron chi connectivity index (χ2n) is 0.440. The SMILES string of the molecule is C[N+](=O)[O-].Cl.[Fe]. The van der Waals surface area contributed by atoms with Crippen molar-refractivity contribution in [2.75, 3.05) is 7.05 Å². The van der Waals surface area contributed by atoms with Crippen LogP contribution in [0.5, 0.6) is 0 Å². The minimum absolute atomic E-state index is 0. The smallest absolute Gasteiger partial charge is 0.194 e. The van der Waals surface area contributed by atoms with Crippen molar-refractivity contribution in [2.24, 2.45) is 0 Å². The van der Waals surface area contributed by atoms with Crippen LogP contribution in [0.4, 0.5) is 0 Å². The average Bonchev–Trinajstić information content (AvgIpc) is 0.811. The molecule has 0 rings (SSSR count). The molecule has 0 spiro atoms. The summed E-state index contributed by atoms with van der Waals surface area (Å²) in [4.78, 5) is 8.31. The predicted octanol–water partition coefficient (Wildman–Crippen LogP) is 0.312. The summed E-state index contributed by atoms with van der Waals surface area (Å²) in [5, 5.41) is 8.81. The van der Waals surface area contributed by atoms with Crippen LogP contribution in [-0.2, 0) is 17.1 Å². The Labute approximate surface area is 52.1 Å². The zero-order valence-corrected chi connectivity index (χ0v) is 4.95.